The summed E-state index contributed by atoms with van der Waals surface area (Å²) in [5.41, 5.74) is 1.30. The van der Waals surface area contributed by atoms with E-state index in [0.29, 0.717) is 13.1 Å². The van der Waals surface area contributed by atoms with Gasteiger partial charge >= 0.3 is 0 Å². The lowest BCUT2D eigenvalue weighted by Crippen LogP contribution is -2.60. The zero-order chi connectivity index (χ0) is 16.1. The summed E-state index contributed by atoms with van der Waals surface area (Å²) in [5, 5.41) is 0. The molecule has 0 N–H and O–H groups in total. The number of piperazine rings is 1. The Kier molecular flexibility index (Phi) is 5.55. The van der Waals surface area contributed by atoms with E-state index in [1.165, 1.54) is 12.5 Å². The van der Waals surface area contributed by atoms with Gasteiger partial charge in [0, 0.05) is 47.2 Å². The lowest BCUT2D eigenvalue weighted by molar-refractivity contribution is -0.146. The Morgan fingerprint density at radius 1 is 1.18 bits per heavy atom. The second kappa shape index (κ2) is 7.40. The molecule has 1 fully saturated rings. The lowest BCUT2D eigenvalue weighted by atomic mass is 10.1. The van der Waals surface area contributed by atoms with Crippen molar-refractivity contribution in [2.45, 2.75) is 19.4 Å². The Labute approximate surface area is 132 Å². The maximum Gasteiger partial charge on any atom is 0.246 e. The second-order valence-corrected chi connectivity index (χ2v) is 6.00. The van der Waals surface area contributed by atoms with Gasteiger partial charge in [0.25, 0.3) is 0 Å². The van der Waals surface area contributed by atoms with Gasteiger partial charge in [0.1, 0.15) is 6.04 Å². The molecule has 1 heterocycles. The van der Waals surface area contributed by atoms with Crippen LogP contribution in [0, 0.1) is 0 Å². The van der Waals surface area contributed by atoms with Crippen LogP contribution in [0.3, 0.4) is 0 Å². The fourth-order valence-corrected chi connectivity index (χ4v) is 2.86. The van der Waals surface area contributed by atoms with Crippen LogP contribution in [0.2, 0.25) is 0 Å². The maximum absolute atomic E-state index is 12.3. The quantitative estimate of drug-likeness (QED) is 0.828. The standard InChI is InChI=1S/C17H25N3O2/c1-14(21)20-12-11-19(13-16(20)17(22)18(2)3)10-9-15-7-5-4-6-8-15/h4-8,16H,9-13H2,1-3H3/t16-/m1/s1. The van der Waals surface area contributed by atoms with Crippen LogP contribution >= 0.6 is 0 Å². The van der Waals surface area contributed by atoms with Crippen LogP contribution in [0.25, 0.3) is 0 Å². The summed E-state index contributed by atoms with van der Waals surface area (Å²) in [6, 6.07) is 9.98. The molecule has 0 bridgehead atoms. The van der Waals surface area contributed by atoms with Gasteiger partial charge < -0.3 is 9.80 Å². The average molecular weight is 303 g/mol. The fourth-order valence-electron chi connectivity index (χ4n) is 2.86. The van der Waals surface area contributed by atoms with Gasteiger partial charge in [-0.2, -0.15) is 0 Å². The number of hydrogen-bond acceptors (Lipinski definition) is 3. The molecular weight excluding hydrogens is 278 g/mol. The largest absolute Gasteiger partial charge is 0.347 e. The molecule has 0 spiro atoms. The van der Waals surface area contributed by atoms with Crippen molar-refractivity contribution in [3.05, 3.63) is 35.9 Å². The van der Waals surface area contributed by atoms with Crippen molar-refractivity contribution in [3.8, 4) is 0 Å². The molecule has 22 heavy (non-hydrogen) atoms. The number of hydrogen-bond donors (Lipinski definition) is 0. The van der Waals surface area contributed by atoms with Crippen molar-refractivity contribution < 1.29 is 9.59 Å². The molecule has 120 valence electrons. The number of carbonyl (C=O) groups is 2. The van der Waals surface area contributed by atoms with E-state index in [0.717, 1.165) is 19.5 Å². The third kappa shape index (κ3) is 4.07. The van der Waals surface area contributed by atoms with E-state index in [2.05, 4.69) is 17.0 Å². The van der Waals surface area contributed by atoms with E-state index in [9.17, 15) is 9.59 Å². The van der Waals surface area contributed by atoms with Gasteiger partial charge in [0.15, 0.2) is 0 Å². The van der Waals surface area contributed by atoms with Gasteiger partial charge in [0.05, 0.1) is 0 Å². The first-order chi connectivity index (χ1) is 10.5. The summed E-state index contributed by atoms with van der Waals surface area (Å²) in [4.78, 5) is 29.6. The Bertz CT molecular complexity index is 516. The molecule has 5 heteroatoms. The maximum atomic E-state index is 12.3. The van der Waals surface area contributed by atoms with E-state index in [1.54, 1.807) is 23.9 Å². The average Bonchev–Trinajstić information content (AvgIpc) is 2.52. The lowest BCUT2D eigenvalue weighted by Gasteiger charge is -2.41. The van der Waals surface area contributed by atoms with E-state index < -0.39 is 0 Å². The third-order valence-electron chi connectivity index (χ3n) is 4.15. The highest BCUT2D eigenvalue weighted by molar-refractivity contribution is 5.87. The normalized spacial score (nSPS) is 19.0. The molecule has 5 nitrogen and oxygen atoms in total. The molecule has 1 aliphatic rings. The van der Waals surface area contributed by atoms with Crippen LogP contribution in [-0.2, 0) is 16.0 Å². The van der Waals surface area contributed by atoms with E-state index in [4.69, 9.17) is 0 Å². The van der Waals surface area contributed by atoms with Crippen LogP contribution < -0.4 is 0 Å². The number of nitrogens with zero attached hydrogens (tertiary/aromatic N) is 3. The highest BCUT2D eigenvalue weighted by atomic mass is 16.2. The van der Waals surface area contributed by atoms with Gasteiger partial charge in [-0.15, -0.1) is 0 Å². The molecule has 0 unspecified atom stereocenters. The minimum atomic E-state index is -0.364. The molecule has 2 amide bonds. The van der Waals surface area contributed by atoms with Crippen molar-refractivity contribution in [3.63, 3.8) is 0 Å². The second-order valence-electron chi connectivity index (χ2n) is 6.00. The minimum Gasteiger partial charge on any atom is -0.347 e. The topological polar surface area (TPSA) is 43.9 Å². The Morgan fingerprint density at radius 2 is 1.86 bits per heavy atom. The third-order valence-corrected chi connectivity index (χ3v) is 4.15. The van der Waals surface area contributed by atoms with E-state index in [-0.39, 0.29) is 17.9 Å². The van der Waals surface area contributed by atoms with Gasteiger partial charge in [-0.1, -0.05) is 30.3 Å². The number of benzene rings is 1. The van der Waals surface area contributed by atoms with Gasteiger partial charge in [-0.05, 0) is 12.0 Å². The van der Waals surface area contributed by atoms with Crippen molar-refractivity contribution in [2.75, 3.05) is 40.3 Å². The molecule has 0 aliphatic carbocycles. The molecule has 2 rings (SSSR count). The summed E-state index contributed by atoms with van der Waals surface area (Å²) in [5.74, 6) is -0.0254. The number of likely N-dealkylation sites (N-methyl/N-ethyl adjacent to an activating group) is 1. The van der Waals surface area contributed by atoms with Gasteiger partial charge in [0.2, 0.25) is 11.8 Å². The first-order valence-electron chi connectivity index (χ1n) is 7.73. The summed E-state index contributed by atoms with van der Waals surface area (Å²) < 4.78 is 0. The fraction of sp³-hybridized carbons (Fsp3) is 0.529. The SMILES string of the molecule is CC(=O)N1CCN(CCc2ccccc2)C[C@@H]1C(=O)N(C)C. The summed E-state index contributed by atoms with van der Waals surface area (Å²) in [6.07, 6.45) is 0.962. The molecule has 1 saturated heterocycles. The molecule has 0 saturated carbocycles. The molecule has 0 radical (unpaired) electrons. The van der Waals surface area contributed by atoms with Crippen LogP contribution in [0.1, 0.15) is 12.5 Å². The first kappa shape index (κ1) is 16.5. The molecule has 0 aromatic heterocycles. The summed E-state index contributed by atoms with van der Waals surface area (Å²) in [7, 11) is 3.48. The molecule has 1 aromatic carbocycles. The first-order valence-corrected chi connectivity index (χ1v) is 7.73. The number of carbonyl (C=O) groups excluding carboxylic acids is 2. The summed E-state index contributed by atoms with van der Waals surface area (Å²) >= 11 is 0. The zero-order valence-electron chi connectivity index (χ0n) is 13.7. The monoisotopic (exact) mass is 303 g/mol. The predicted molar refractivity (Wildman–Crippen MR) is 86.5 cm³/mol. The highest BCUT2D eigenvalue weighted by Gasteiger charge is 2.34. The van der Waals surface area contributed by atoms with Crippen LogP contribution in [0.4, 0.5) is 0 Å². The zero-order valence-corrected chi connectivity index (χ0v) is 13.7. The highest BCUT2D eigenvalue weighted by Crippen LogP contribution is 2.13. The minimum absolute atomic E-state index is 0.000360. The van der Waals surface area contributed by atoms with Crippen molar-refractivity contribution >= 4 is 11.8 Å². The molecule has 1 aliphatic heterocycles. The van der Waals surface area contributed by atoms with Crippen LogP contribution in [0.5, 0.6) is 0 Å². The van der Waals surface area contributed by atoms with E-state index in [1.807, 2.05) is 18.2 Å². The Hall–Kier alpha value is -1.88. The number of rotatable bonds is 4. The van der Waals surface area contributed by atoms with Crippen LogP contribution in [0.15, 0.2) is 30.3 Å². The van der Waals surface area contributed by atoms with E-state index >= 15 is 0 Å². The van der Waals surface area contributed by atoms with Gasteiger partial charge in [-0.3, -0.25) is 14.5 Å². The summed E-state index contributed by atoms with van der Waals surface area (Å²) in [6.45, 7) is 4.50. The van der Waals surface area contributed by atoms with Crippen molar-refractivity contribution in [1.82, 2.24) is 14.7 Å². The molecule has 1 aromatic rings. The number of amides is 2. The molecular formula is C17H25N3O2. The smallest absolute Gasteiger partial charge is 0.246 e. The van der Waals surface area contributed by atoms with Gasteiger partial charge in [-0.25, -0.2) is 0 Å². The van der Waals surface area contributed by atoms with Crippen molar-refractivity contribution in [1.29, 1.82) is 0 Å². The van der Waals surface area contributed by atoms with Crippen molar-refractivity contribution in [2.24, 2.45) is 0 Å². The molecule has 1 atom stereocenters. The predicted octanol–water partition coefficient (Wildman–Crippen LogP) is 0.850. The Morgan fingerprint density at radius 3 is 2.45 bits per heavy atom. The van der Waals surface area contributed by atoms with Crippen LogP contribution in [-0.4, -0.2) is 72.8 Å². The Balaban J connectivity index is 1.98.